The molecule has 0 saturated carbocycles. The molecule has 0 aliphatic carbocycles. The average molecular weight is 555 g/mol. The van der Waals surface area contributed by atoms with Crippen LogP contribution in [-0.2, 0) is 36.8 Å². The summed E-state index contributed by atoms with van der Waals surface area (Å²) in [6.45, 7) is 0.243. The first-order chi connectivity index (χ1) is 19.9. The number of allylic oxidation sites excluding steroid dienone is 1. The number of hydrogen-bond donors (Lipinski definition) is 4. The quantitative estimate of drug-likeness (QED) is 0.189. The maximum absolute atomic E-state index is 13.3. The van der Waals surface area contributed by atoms with E-state index in [1.54, 1.807) is 0 Å². The van der Waals surface area contributed by atoms with E-state index in [0.29, 0.717) is 25.7 Å². The van der Waals surface area contributed by atoms with E-state index in [1.807, 2.05) is 72.8 Å². The molecule has 1 aliphatic rings. The molecule has 9 heteroatoms. The standard InChI is InChI=1S/C32H34N4O5/c37-17-7-13-26(19-25-15-16-33-31(25)40)35-30(39)21-34-32(41)28(36-29(38)18-22-8-2-1-3-9-22)20-24-12-6-11-23-10-4-5-14-27(23)24/h1-14,17,25-26,28H,15-16,18-21H2,(H,33,40)(H,34,41)(H,35,39)(H,36,38)/b13-7+. The predicted octanol–water partition coefficient (Wildman–Crippen LogP) is 1.99. The van der Waals surface area contributed by atoms with E-state index >= 15 is 0 Å². The van der Waals surface area contributed by atoms with Crippen LogP contribution in [0.2, 0.25) is 0 Å². The molecular weight excluding hydrogens is 520 g/mol. The van der Waals surface area contributed by atoms with Crippen LogP contribution in [0.5, 0.6) is 0 Å². The number of hydrogen-bond acceptors (Lipinski definition) is 5. The SMILES string of the molecule is O=C/C=C/C(CC1CCNC1=O)NC(=O)CNC(=O)C(Cc1cccc2ccccc12)NC(=O)Cc1ccccc1. The molecule has 4 rings (SSSR count). The second-order valence-electron chi connectivity index (χ2n) is 10.0. The Bertz CT molecular complexity index is 1420. The minimum atomic E-state index is -0.919. The van der Waals surface area contributed by atoms with Crippen LogP contribution in [0.15, 0.2) is 84.9 Å². The summed E-state index contributed by atoms with van der Waals surface area (Å²) in [4.78, 5) is 61.9. The highest BCUT2D eigenvalue weighted by atomic mass is 16.2. The van der Waals surface area contributed by atoms with E-state index in [1.165, 1.54) is 12.2 Å². The molecule has 0 radical (unpaired) electrons. The molecule has 3 atom stereocenters. The molecule has 3 aromatic carbocycles. The molecule has 3 aromatic rings. The van der Waals surface area contributed by atoms with Crippen LogP contribution in [0.25, 0.3) is 10.8 Å². The Morgan fingerprint density at radius 1 is 0.927 bits per heavy atom. The van der Waals surface area contributed by atoms with E-state index < -0.39 is 23.9 Å². The minimum Gasteiger partial charge on any atom is -0.356 e. The number of carbonyl (C=O) groups is 5. The third-order valence-corrected chi connectivity index (χ3v) is 7.06. The lowest BCUT2D eigenvalue weighted by atomic mass is 9.98. The van der Waals surface area contributed by atoms with E-state index in [0.717, 1.165) is 21.9 Å². The van der Waals surface area contributed by atoms with Crippen molar-refractivity contribution in [1.29, 1.82) is 0 Å². The Kier molecular flexibility index (Phi) is 10.4. The average Bonchev–Trinajstić information content (AvgIpc) is 3.38. The van der Waals surface area contributed by atoms with Gasteiger partial charge in [-0.05, 0) is 40.8 Å². The largest absolute Gasteiger partial charge is 0.356 e. The summed E-state index contributed by atoms with van der Waals surface area (Å²) in [6.07, 6.45) is 4.75. The third-order valence-electron chi connectivity index (χ3n) is 7.06. The number of benzene rings is 3. The Hall–Kier alpha value is -4.79. The van der Waals surface area contributed by atoms with Gasteiger partial charge in [0.05, 0.1) is 13.0 Å². The fraction of sp³-hybridized carbons (Fsp3) is 0.281. The molecule has 1 saturated heterocycles. The zero-order valence-corrected chi connectivity index (χ0v) is 22.7. The van der Waals surface area contributed by atoms with Gasteiger partial charge < -0.3 is 21.3 Å². The second-order valence-corrected chi connectivity index (χ2v) is 10.0. The Morgan fingerprint density at radius 3 is 2.44 bits per heavy atom. The highest BCUT2D eigenvalue weighted by molar-refractivity contribution is 5.92. The van der Waals surface area contributed by atoms with Crippen LogP contribution in [0.1, 0.15) is 24.0 Å². The number of carbonyl (C=O) groups excluding carboxylic acids is 5. The molecule has 0 spiro atoms. The number of fused-ring (bicyclic) bond motifs is 1. The van der Waals surface area contributed by atoms with Gasteiger partial charge in [0.15, 0.2) is 0 Å². The lowest BCUT2D eigenvalue weighted by Gasteiger charge is -2.21. The predicted molar refractivity (Wildman–Crippen MR) is 156 cm³/mol. The van der Waals surface area contributed by atoms with Gasteiger partial charge in [-0.1, -0.05) is 78.9 Å². The molecule has 9 nitrogen and oxygen atoms in total. The molecule has 4 amide bonds. The monoisotopic (exact) mass is 554 g/mol. The molecule has 1 heterocycles. The molecule has 4 N–H and O–H groups in total. The van der Waals surface area contributed by atoms with Gasteiger partial charge in [-0.2, -0.15) is 0 Å². The molecule has 212 valence electrons. The molecule has 41 heavy (non-hydrogen) atoms. The van der Waals surface area contributed by atoms with Gasteiger partial charge in [0.1, 0.15) is 12.3 Å². The van der Waals surface area contributed by atoms with Crippen molar-refractivity contribution < 1.29 is 24.0 Å². The number of amides is 4. The fourth-order valence-electron chi connectivity index (χ4n) is 5.02. The van der Waals surface area contributed by atoms with Crippen molar-refractivity contribution in [3.8, 4) is 0 Å². The smallest absolute Gasteiger partial charge is 0.243 e. The topological polar surface area (TPSA) is 133 Å². The van der Waals surface area contributed by atoms with Gasteiger partial charge in [-0.3, -0.25) is 24.0 Å². The highest BCUT2D eigenvalue weighted by Gasteiger charge is 2.27. The normalized spacial score (nSPS) is 16.1. The fourth-order valence-corrected chi connectivity index (χ4v) is 5.02. The van der Waals surface area contributed by atoms with Gasteiger partial charge in [-0.15, -0.1) is 0 Å². The molecule has 1 fully saturated rings. The Morgan fingerprint density at radius 2 is 1.68 bits per heavy atom. The van der Waals surface area contributed by atoms with Crippen molar-refractivity contribution in [2.45, 2.75) is 37.8 Å². The summed E-state index contributed by atoms with van der Waals surface area (Å²) in [5.74, 6) is -1.63. The lowest BCUT2D eigenvalue weighted by molar-refractivity contribution is -0.130. The van der Waals surface area contributed by atoms with Crippen molar-refractivity contribution in [1.82, 2.24) is 21.3 Å². The van der Waals surface area contributed by atoms with Crippen LogP contribution in [0.4, 0.5) is 0 Å². The van der Waals surface area contributed by atoms with Gasteiger partial charge in [-0.25, -0.2) is 0 Å². The summed E-state index contributed by atoms with van der Waals surface area (Å²) < 4.78 is 0. The summed E-state index contributed by atoms with van der Waals surface area (Å²) in [6, 6.07) is 21.4. The van der Waals surface area contributed by atoms with Gasteiger partial charge in [0.25, 0.3) is 0 Å². The maximum atomic E-state index is 13.3. The van der Waals surface area contributed by atoms with E-state index in [2.05, 4.69) is 21.3 Å². The van der Waals surface area contributed by atoms with Crippen LogP contribution >= 0.6 is 0 Å². The van der Waals surface area contributed by atoms with Gasteiger partial charge in [0.2, 0.25) is 23.6 Å². The lowest BCUT2D eigenvalue weighted by Crippen LogP contribution is -2.51. The number of aldehydes is 1. The minimum absolute atomic E-state index is 0.0837. The van der Waals surface area contributed by atoms with Crippen LogP contribution < -0.4 is 21.3 Å². The second kappa shape index (κ2) is 14.6. The van der Waals surface area contributed by atoms with Crippen molar-refractivity contribution in [3.05, 3.63) is 96.1 Å². The first kappa shape index (κ1) is 29.2. The van der Waals surface area contributed by atoms with Crippen molar-refractivity contribution in [3.63, 3.8) is 0 Å². The first-order valence-corrected chi connectivity index (χ1v) is 13.7. The summed E-state index contributed by atoms with van der Waals surface area (Å²) in [5.41, 5.74) is 1.71. The molecule has 0 bridgehead atoms. The van der Waals surface area contributed by atoms with E-state index in [4.69, 9.17) is 0 Å². The van der Waals surface area contributed by atoms with Gasteiger partial charge >= 0.3 is 0 Å². The van der Waals surface area contributed by atoms with Crippen molar-refractivity contribution in [2.24, 2.45) is 5.92 Å². The molecule has 0 aromatic heterocycles. The zero-order valence-electron chi connectivity index (χ0n) is 22.7. The Labute approximate surface area is 238 Å². The highest BCUT2D eigenvalue weighted by Crippen LogP contribution is 2.20. The van der Waals surface area contributed by atoms with Crippen LogP contribution in [-0.4, -0.2) is 55.1 Å². The van der Waals surface area contributed by atoms with E-state index in [9.17, 15) is 24.0 Å². The van der Waals surface area contributed by atoms with Crippen LogP contribution in [0, 0.1) is 5.92 Å². The first-order valence-electron chi connectivity index (χ1n) is 13.7. The molecule has 1 aliphatic heterocycles. The van der Waals surface area contributed by atoms with Crippen LogP contribution in [0.3, 0.4) is 0 Å². The molecule has 3 unspecified atom stereocenters. The summed E-state index contributed by atoms with van der Waals surface area (Å²) in [5, 5.41) is 13.0. The molecular formula is C32H34N4O5. The third kappa shape index (κ3) is 8.60. The summed E-state index contributed by atoms with van der Waals surface area (Å²) in [7, 11) is 0. The number of nitrogens with one attached hydrogen (secondary N) is 4. The number of rotatable bonds is 13. The Balaban J connectivity index is 1.43. The summed E-state index contributed by atoms with van der Waals surface area (Å²) >= 11 is 0. The maximum Gasteiger partial charge on any atom is 0.243 e. The van der Waals surface area contributed by atoms with Crippen molar-refractivity contribution in [2.75, 3.05) is 13.1 Å². The van der Waals surface area contributed by atoms with E-state index in [-0.39, 0.29) is 37.1 Å². The zero-order chi connectivity index (χ0) is 29.0. The van der Waals surface area contributed by atoms with Crippen molar-refractivity contribution >= 4 is 40.7 Å². The van der Waals surface area contributed by atoms with Gasteiger partial charge in [0, 0.05) is 24.9 Å².